The van der Waals surface area contributed by atoms with E-state index in [1.165, 1.54) is 4.68 Å². The molecule has 1 aliphatic heterocycles. The first-order valence-corrected chi connectivity index (χ1v) is 7.51. The highest BCUT2D eigenvalue weighted by molar-refractivity contribution is 5.75. The number of hydrogen-bond donors (Lipinski definition) is 0. The molecule has 1 aromatic heterocycles. The molecule has 1 aliphatic rings. The van der Waals surface area contributed by atoms with Gasteiger partial charge in [-0.3, -0.25) is 4.79 Å². The van der Waals surface area contributed by atoms with Gasteiger partial charge in [-0.25, -0.2) is 4.79 Å². The van der Waals surface area contributed by atoms with Gasteiger partial charge in [-0.1, -0.05) is 25.1 Å². The van der Waals surface area contributed by atoms with Crippen LogP contribution < -0.4 is 5.69 Å². The van der Waals surface area contributed by atoms with Crippen molar-refractivity contribution in [2.75, 3.05) is 13.1 Å². The van der Waals surface area contributed by atoms with E-state index in [1.54, 1.807) is 12.1 Å². The van der Waals surface area contributed by atoms with Gasteiger partial charge in [0.15, 0.2) is 0 Å². The number of hydrogen-bond acceptors (Lipinski definition) is 4. The van der Waals surface area contributed by atoms with E-state index in [2.05, 4.69) is 17.4 Å². The van der Waals surface area contributed by atoms with Crippen LogP contribution in [0.2, 0.25) is 0 Å². The normalized spacial score (nSPS) is 18.4. The van der Waals surface area contributed by atoms with E-state index in [-0.39, 0.29) is 12.5 Å². The van der Waals surface area contributed by atoms with Gasteiger partial charge in [-0.15, -0.1) is 0 Å². The zero-order valence-corrected chi connectivity index (χ0v) is 12.6. The molecular weight excluding hydrogens is 282 g/mol. The third-order valence-corrected chi connectivity index (χ3v) is 3.93. The van der Waals surface area contributed by atoms with E-state index >= 15 is 0 Å². The molecule has 22 heavy (non-hydrogen) atoms. The van der Waals surface area contributed by atoms with Gasteiger partial charge in [0, 0.05) is 13.1 Å². The van der Waals surface area contributed by atoms with Crippen LogP contribution in [0.4, 0.5) is 0 Å². The number of carbonyl (C=O) groups excluding carboxylic acids is 1. The van der Waals surface area contributed by atoms with Crippen molar-refractivity contribution in [1.82, 2.24) is 24.7 Å². The van der Waals surface area contributed by atoms with Gasteiger partial charge in [0.25, 0.3) is 0 Å². The molecule has 2 aromatic rings. The van der Waals surface area contributed by atoms with Gasteiger partial charge in [-0.05, 0) is 41.3 Å². The van der Waals surface area contributed by atoms with Crippen LogP contribution in [0.15, 0.2) is 35.1 Å². The van der Waals surface area contributed by atoms with Crippen LogP contribution in [0.3, 0.4) is 0 Å². The highest BCUT2D eigenvalue weighted by Gasteiger charge is 2.22. The summed E-state index contributed by atoms with van der Waals surface area (Å²) < 4.78 is 2.32. The van der Waals surface area contributed by atoms with Crippen molar-refractivity contribution in [1.29, 1.82) is 0 Å². The Morgan fingerprint density at radius 3 is 2.77 bits per heavy atom. The van der Waals surface area contributed by atoms with E-state index in [1.807, 2.05) is 23.1 Å². The smallest absolute Gasteiger partial charge is 0.341 e. The molecule has 1 atom stereocenters. The predicted octanol–water partition coefficient (Wildman–Crippen LogP) is 0.687. The van der Waals surface area contributed by atoms with Crippen molar-refractivity contribution in [3.63, 3.8) is 0 Å². The summed E-state index contributed by atoms with van der Waals surface area (Å²) in [5.74, 6) is 0.434. The third-order valence-electron chi connectivity index (χ3n) is 3.93. The van der Waals surface area contributed by atoms with Crippen LogP contribution in [0.25, 0.3) is 5.69 Å². The number of nitrogens with zero attached hydrogens (tertiary/aromatic N) is 5. The predicted molar refractivity (Wildman–Crippen MR) is 80.6 cm³/mol. The maximum atomic E-state index is 12.3. The molecule has 1 aromatic carbocycles. The standard InChI is InChI=1S/C15H19N5O2/c1-12-6-5-9-18(10-12)14(21)11-19-15(22)20(17-16-19)13-7-3-2-4-8-13/h2-4,7-8,12H,5-6,9-11H2,1H3/t12-/m1/s1. The molecule has 7 nitrogen and oxygen atoms in total. The first-order chi connectivity index (χ1) is 10.6. The summed E-state index contributed by atoms with van der Waals surface area (Å²) in [5.41, 5.74) is 0.238. The minimum absolute atomic E-state index is 0.0572. The largest absolute Gasteiger partial charge is 0.368 e. The molecule has 0 saturated carbocycles. The summed E-state index contributed by atoms with van der Waals surface area (Å²) in [4.78, 5) is 26.4. The Bertz CT molecular complexity index is 706. The lowest BCUT2D eigenvalue weighted by atomic mass is 10.0. The topological polar surface area (TPSA) is 73.0 Å². The molecule has 0 bridgehead atoms. The summed E-state index contributed by atoms with van der Waals surface area (Å²) in [7, 11) is 0. The number of amides is 1. The molecule has 0 spiro atoms. The Labute approximate surface area is 128 Å². The fraction of sp³-hybridized carbons (Fsp3) is 0.467. The second kappa shape index (κ2) is 6.13. The maximum absolute atomic E-state index is 12.3. The average molecular weight is 301 g/mol. The molecule has 1 amide bonds. The van der Waals surface area contributed by atoms with E-state index in [0.29, 0.717) is 11.6 Å². The van der Waals surface area contributed by atoms with Gasteiger partial charge < -0.3 is 4.90 Å². The molecular formula is C15H19N5O2. The average Bonchev–Trinajstić information content (AvgIpc) is 2.89. The maximum Gasteiger partial charge on any atom is 0.368 e. The van der Waals surface area contributed by atoms with Crippen molar-refractivity contribution in [3.8, 4) is 5.69 Å². The van der Waals surface area contributed by atoms with Crippen LogP contribution >= 0.6 is 0 Å². The van der Waals surface area contributed by atoms with E-state index in [0.717, 1.165) is 30.6 Å². The summed E-state index contributed by atoms with van der Waals surface area (Å²) in [6.07, 6.45) is 2.16. The number of aromatic nitrogens is 4. The van der Waals surface area contributed by atoms with E-state index in [9.17, 15) is 9.59 Å². The Morgan fingerprint density at radius 2 is 2.05 bits per heavy atom. The zero-order valence-electron chi connectivity index (χ0n) is 12.6. The lowest BCUT2D eigenvalue weighted by molar-refractivity contribution is -0.133. The second-order valence-corrected chi connectivity index (χ2v) is 5.75. The van der Waals surface area contributed by atoms with Crippen molar-refractivity contribution >= 4 is 5.91 Å². The van der Waals surface area contributed by atoms with Crippen LogP contribution in [0, 0.1) is 5.92 Å². The number of likely N-dealkylation sites (tertiary alicyclic amines) is 1. The van der Waals surface area contributed by atoms with Crippen molar-refractivity contribution in [2.24, 2.45) is 5.92 Å². The van der Waals surface area contributed by atoms with E-state index < -0.39 is 5.69 Å². The first-order valence-electron chi connectivity index (χ1n) is 7.51. The van der Waals surface area contributed by atoms with Gasteiger partial charge in [0.05, 0.1) is 5.69 Å². The summed E-state index contributed by atoms with van der Waals surface area (Å²) in [6.45, 7) is 3.58. The molecule has 2 heterocycles. The minimum Gasteiger partial charge on any atom is -0.341 e. The van der Waals surface area contributed by atoms with E-state index in [4.69, 9.17) is 0 Å². The molecule has 7 heteroatoms. The molecule has 1 fully saturated rings. The third kappa shape index (κ3) is 2.93. The summed E-state index contributed by atoms with van der Waals surface area (Å²) >= 11 is 0. The quantitative estimate of drug-likeness (QED) is 0.836. The lowest BCUT2D eigenvalue weighted by Crippen LogP contribution is -2.42. The first kappa shape index (κ1) is 14.5. The molecule has 0 N–H and O–H groups in total. The van der Waals surface area contributed by atoms with Crippen LogP contribution in [0.1, 0.15) is 19.8 Å². The number of rotatable bonds is 3. The molecule has 3 rings (SSSR count). The Morgan fingerprint density at radius 1 is 1.27 bits per heavy atom. The fourth-order valence-corrected chi connectivity index (χ4v) is 2.75. The molecule has 0 radical (unpaired) electrons. The van der Waals surface area contributed by atoms with Gasteiger partial charge >= 0.3 is 5.69 Å². The number of benzene rings is 1. The van der Waals surface area contributed by atoms with Gasteiger partial charge in [-0.2, -0.15) is 9.36 Å². The highest BCUT2D eigenvalue weighted by atomic mass is 16.2. The molecule has 0 aliphatic carbocycles. The molecule has 0 unspecified atom stereocenters. The SMILES string of the molecule is C[C@@H]1CCCN(C(=O)Cn2nnn(-c3ccccc3)c2=O)C1. The zero-order chi connectivity index (χ0) is 15.5. The Balaban J connectivity index is 1.75. The number of para-hydroxylation sites is 1. The number of carbonyl (C=O) groups is 1. The van der Waals surface area contributed by atoms with Gasteiger partial charge in [0.1, 0.15) is 6.54 Å². The summed E-state index contributed by atoms with van der Waals surface area (Å²) in [5, 5.41) is 7.66. The van der Waals surface area contributed by atoms with Crippen molar-refractivity contribution in [3.05, 3.63) is 40.8 Å². The highest BCUT2D eigenvalue weighted by Crippen LogP contribution is 2.15. The Kier molecular flexibility index (Phi) is 4.04. The van der Waals surface area contributed by atoms with Crippen molar-refractivity contribution in [2.45, 2.75) is 26.3 Å². The van der Waals surface area contributed by atoms with Crippen LogP contribution in [-0.2, 0) is 11.3 Å². The Hall–Kier alpha value is -2.44. The minimum atomic E-state index is -0.399. The molecule has 1 saturated heterocycles. The molecule has 116 valence electrons. The second-order valence-electron chi connectivity index (χ2n) is 5.75. The fourth-order valence-electron chi connectivity index (χ4n) is 2.75. The number of piperidine rings is 1. The van der Waals surface area contributed by atoms with Crippen LogP contribution in [0.5, 0.6) is 0 Å². The van der Waals surface area contributed by atoms with Gasteiger partial charge in [0.2, 0.25) is 5.91 Å². The van der Waals surface area contributed by atoms with Crippen molar-refractivity contribution < 1.29 is 4.79 Å². The monoisotopic (exact) mass is 301 g/mol. The van der Waals surface area contributed by atoms with Crippen LogP contribution in [-0.4, -0.2) is 43.7 Å². The number of tetrazole rings is 1. The summed E-state index contributed by atoms with van der Waals surface area (Å²) in [6, 6.07) is 9.05. The lowest BCUT2D eigenvalue weighted by Gasteiger charge is -2.30.